The predicted octanol–water partition coefficient (Wildman–Crippen LogP) is 4.54. The number of nitro benzene ring substituents is 1. The summed E-state index contributed by atoms with van der Waals surface area (Å²) in [7, 11) is -2.17. The Balaban J connectivity index is 2.00. The van der Waals surface area contributed by atoms with E-state index in [-0.39, 0.29) is 41.7 Å². The van der Waals surface area contributed by atoms with E-state index in [0.29, 0.717) is 17.7 Å². The van der Waals surface area contributed by atoms with E-state index in [1.165, 1.54) is 19.2 Å². The zero-order chi connectivity index (χ0) is 26.8. The normalized spacial score (nSPS) is 11.8. The Morgan fingerprint density at radius 2 is 1.78 bits per heavy atom. The van der Waals surface area contributed by atoms with Crippen molar-refractivity contribution < 1.29 is 22.8 Å². The Morgan fingerprint density at radius 3 is 2.38 bits per heavy atom. The van der Waals surface area contributed by atoms with Gasteiger partial charge in [0, 0.05) is 12.2 Å². The van der Waals surface area contributed by atoms with Crippen molar-refractivity contribution in [2.24, 2.45) is 0 Å². The number of nitro groups is 1. The van der Waals surface area contributed by atoms with Crippen molar-refractivity contribution in [3.8, 4) is 17.6 Å². The molecule has 0 aliphatic heterocycles. The third-order valence-electron chi connectivity index (χ3n) is 5.46. The van der Waals surface area contributed by atoms with Gasteiger partial charge in [-0.15, -0.1) is 0 Å². The molecule has 2 N–H and O–H groups in total. The van der Waals surface area contributed by atoms with Gasteiger partial charge in [-0.25, -0.2) is 13.1 Å². The van der Waals surface area contributed by atoms with E-state index in [1.807, 2.05) is 36.4 Å². The zero-order valence-corrected chi connectivity index (χ0v) is 21.3. The molecular weight excluding hydrogens is 496 g/mol. The Bertz CT molecular complexity index is 1360. The summed E-state index contributed by atoms with van der Waals surface area (Å²) in [4.78, 5) is 11.6. The second-order valence-electron chi connectivity index (χ2n) is 8.15. The molecule has 3 rings (SSSR count). The van der Waals surface area contributed by atoms with Crippen molar-refractivity contribution in [1.82, 2.24) is 4.72 Å². The van der Waals surface area contributed by atoms with Gasteiger partial charge in [-0.3, -0.25) is 10.1 Å². The lowest BCUT2D eigenvalue weighted by atomic mass is 10.0. The maximum atomic E-state index is 12.4. The zero-order valence-electron chi connectivity index (χ0n) is 20.5. The molecule has 0 saturated carbocycles. The van der Waals surface area contributed by atoms with Crippen molar-refractivity contribution in [3.05, 3.63) is 93.5 Å². The Morgan fingerprint density at radius 1 is 1.08 bits per heavy atom. The standard InChI is InChI=1S/C26H28N4O6S/c1-3-13-37(33,34)28-17-23(29-21-11-9-19(16-27)10-12-21)22-14-25(35-2)26(15-24(22)30(31)32)36-18-20-7-5-4-6-8-20/h4-12,14-15,23,28-29H,3,13,17-18H2,1-2H3. The summed E-state index contributed by atoms with van der Waals surface area (Å²) in [5.74, 6) is 0.374. The molecule has 37 heavy (non-hydrogen) atoms. The van der Waals surface area contributed by atoms with Crippen LogP contribution in [-0.2, 0) is 16.6 Å². The highest BCUT2D eigenvalue weighted by Crippen LogP contribution is 2.39. The van der Waals surface area contributed by atoms with Crippen LogP contribution >= 0.6 is 0 Å². The van der Waals surface area contributed by atoms with E-state index in [0.717, 1.165) is 5.56 Å². The molecule has 0 spiro atoms. The number of nitrogens with one attached hydrogen (secondary N) is 2. The van der Waals surface area contributed by atoms with Gasteiger partial charge in [0.1, 0.15) is 6.61 Å². The van der Waals surface area contributed by atoms with Crippen LogP contribution in [0.1, 0.15) is 36.1 Å². The number of ether oxygens (including phenoxy) is 2. The van der Waals surface area contributed by atoms with Crippen LogP contribution in [0.4, 0.5) is 11.4 Å². The number of methoxy groups -OCH3 is 1. The molecule has 0 bridgehead atoms. The van der Waals surface area contributed by atoms with Crippen molar-refractivity contribution in [2.45, 2.75) is 26.0 Å². The smallest absolute Gasteiger partial charge is 0.278 e. The third kappa shape index (κ3) is 7.67. The summed E-state index contributed by atoms with van der Waals surface area (Å²) in [5, 5.41) is 24.3. The molecule has 0 radical (unpaired) electrons. The molecule has 3 aromatic carbocycles. The maximum Gasteiger partial charge on any atom is 0.278 e. The van der Waals surface area contributed by atoms with Gasteiger partial charge in [-0.05, 0) is 42.3 Å². The minimum absolute atomic E-state index is 0.0751. The van der Waals surface area contributed by atoms with Crippen LogP contribution in [0.5, 0.6) is 11.5 Å². The van der Waals surface area contributed by atoms with Gasteiger partial charge in [0.05, 0.1) is 47.1 Å². The summed E-state index contributed by atoms with van der Waals surface area (Å²) in [6, 6.07) is 19.8. The Labute approximate surface area is 216 Å². The van der Waals surface area contributed by atoms with Crippen LogP contribution in [0.2, 0.25) is 0 Å². The van der Waals surface area contributed by atoms with Crippen LogP contribution in [0.3, 0.4) is 0 Å². The van der Waals surface area contributed by atoms with Crippen LogP contribution < -0.4 is 19.5 Å². The van der Waals surface area contributed by atoms with Crippen molar-refractivity contribution in [3.63, 3.8) is 0 Å². The molecule has 0 aromatic heterocycles. The second kappa shape index (κ2) is 12.7. The van der Waals surface area contributed by atoms with Crippen LogP contribution in [-0.4, -0.2) is 32.7 Å². The van der Waals surface area contributed by atoms with E-state index in [4.69, 9.17) is 14.7 Å². The van der Waals surface area contributed by atoms with E-state index in [2.05, 4.69) is 10.0 Å². The van der Waals surface area contributed by atoms with Crippen molar-refractivity contribution >= 4 is 21.4 Å². The highest BCUT2D eigenvalue weighted by atomic mass is 32.2. The second-order valence-corrected chi connectivity index (χ2v) is 10.1. The monoisotopic (exact) mass is 524 g/mol. The summed E-state index contributed by atoms with van der Waals surface area (Å²) in [5.41, 5.74) is 1.82. The topological polar surface area (TPSA) is 144 Å². The fourth-order valence-corrected chi connectivity index (χ4v) is 4.74. The van der Waals surface area contributed by atoms with E-state index in [9.17, 15) is 18.5 Å². The molecule has 0 fully saturated rings. The summed E-state index contributed by atoms with van der Waals surface area (Å²) in [6.07, 6.45) is 0.421. The first kappa shape index (κ1) is 27.4. The molecule has 0 aliphatic carbocycles. The average molecular weight is 525 g/mol. The number of hydrogen-bond acceptors (Lipinski definition) is 8. The molecule has 1 atom stereocenters. The molecular formula is C26H28N4O6S. The highest BCUT2D eigenvalue weighted by molar-refractivity contribution is 7.89. The third-order valence-corrected chi connectivity index (χ3v) is 7.01. The van der Waals surface area contributed by atoms with Gasteiger partial charge in [0.15, 0.2) is 11.5 Å². The SMILES string of the molecule is CCCS(=O)(=O)NCC(Nc1ccc(C#N)cc1)c1cc(OC)c(OCc2ccccc2)cc1[N+](=O)[O-]. The van der Waals surface area contributed by atoms with Gasteiger partial charge in [0.2, 0.25) is 10.0 Å². The number of nitrogens with zero attached hydrogens (tertiary/aromatic N) is 2. The fraction of sp³-hybridized carbons (Fsp3) is 0.269. The number of rotatable bonds is 13. The number of nitriles is 1. The fourth-order valence-electron chi connectivity index (χ4n) is 3.64. The Hall–Kier alpha value is -4.14. The lowest BCUT2D eigenvalue weighted by molar-refractivity contribution is -0.385. The van der Waals surface area contributed by atoms with Crippen LogP contribution in [0, 0.1) is 21.4 Å². The molecule has 0 heterocycles. The summed E-state index contributed by atoms with van der Waals surface area (Å²) >= 11 is 0. The first-order chi connectivity index (χ1) is 17.8. The van der Waals surface area contributed by atoms with E-state index in [1.54, 1.807) is 31.2 Å². The molecule has 1 unspecified atom stereocenters. The predicted molar refractivity (Wildman–Crippen MR) is 140 cm³/mol. The molecule has 0 aliphatic rings. The molecule has 3 aromatic rings. The molecule has 194 valence electrons. The van der Waals surface area contributed by atoms with Crippen molar-refractivity contribution in [1.29, 1.82) is 5.26 Å². The number of hydrogen-bond donors (Lipinski definition) is 2. The minimum Gasteiger partial charge on any atom is -0.493 e. The summed E-state index contributed by atoms with van der Waals surface area (Å²) < 4.78 is 38.6. The quantitative estimate of drug-likeness (QED) is 0.245. The molecule has 11 heteroatoms. The highest BCUT2D eigenvalue weighted by Gasteiger charge is 2.27. The molecule has 0 amide bonds. The van der Waals surface area contributed by atoms with E-state index >= 15 is 0 Å². The number of anilines is 1. The van der Waals surface area contributed by atoms with Gasteiger partial charge < -0.3 is 14.8 Å². The van der Waals surface area contributed by atoms with Gasteiger partial charge in [-0.1, -0.05) is 37.3 Å². The lowest BCUT2D eigenvalue weighted by Crippen LogP contribution is -2.33. The first-order valence-electron chi connectivity index (χ1n) is 11.5. The number of sulfonamides is 1. The largest absolute Gasteiger partial charge is 0.493 e. The first-order valence-corrected chi connectivity index (χ1v) is 13.2. The van der Waals surface area contributed by atoms with Gasteiger partial charge in [-0.2, -0.15) is 5.26 Å². The van der Waals surface area contributed by atoms with Crippen LogP contribution in [0.15, 0.2) is 66.7 Å². The number of benzene rings is 3. The van der Waals surface area contributed by atoms with Crippen LogP contribution in [0.25, 0.3) is 0 Å². The molecule has 10 nitrogen and oxygen atoms in total. The van der Waals surface area contributed by atoms with Gasteiger partial charge in [0.25, 0.3) is 5.69 Å². The lowest BCUT2D eigenvalue weighted by Gasteiger charge is -2.22. The average Bonchev–Trinajstić information content (AvgIpc) is 2.90. The van der Waals surface area contributed by atoms with Crippen molar-refractivity contribution in [2.75, 3.05) is 24.7 Å². The van der Waals surface area contributed by atoms with E-state index < -0.39 is 21.0 Å². The minimum atomic E-state index is -3.59. The Kier molecular flexibility index (Phi) is 9.43. The summed E-state index contributed by atoms with van der Waals surface area (Å²) in [6.45, 7) is 1.77. The maximum absolute atomic E-state index is 12.4. The molecule has 0 saturated heterocycles. The van der Waals surface area contributed by atoms with Gasteiger partial charge >= 0.3 is 0 Å².